The van der Waals surface area contributed by atoms with Gasteiger partial charge in [-0.15, -0.1) is 11.3 Å². The van der Waals surface area contributed by atoms with Crippen molar-refractivity contribution in [2.75, 3.05) is 10.6 Å². The summed E-state index contributed by atoms with van der Waals surface area (Å²) in [7, 11) is 0. The summed E-state index contributed by atoms with van der Waals surface area (Å²) >= 11 is 9.14. The van der Waals surface area contributed by atoms with Crippen LogP contribution >= 0.6 is 34.7 Å². The van der Waals surface area contributed by atoms with E-state index in [1.165, 1.54) is 18.3 Å². The van der Waals surface area contributed by atoms with Gasteiger partial charge in [-0.2, -0.15) is 0 Å². The SMILES string of the molecule is CC(=O)Nc1cccc(NC(=O)Cc2csc(SCc3cccc(Cl)c3)n2)c1. The van der Waals surface area contributed by atoms with Crippen molar-refractivity contribution in [3.63, 3.8) is 0 Å². The molecule has 3 aromatic rings. The van der Waals surface area contributed by atoms with Gasteiger partial charge in [0.25, 0.3) is 0 Å². The number of nitrogens with one attached hydrogen (secondary N) is 2. The second-order valence-electron chi connectivity index (χ2n) is 6.01. The number of thioether (sulfide) groups is 1. The number of halogens is 1. The number of rotatable bonds is 7. The Hall–Kier alpha value is -2.35. The van der Waals surface area contributed by atoms with E-state index in [4.69, 9.17) is 11.6 Å². The van der Waals surface area contributed by atoms with Gasteiger partial charge >= 0.3 is 0 Å². The molecule has 0 spiro atoms. The van der Waals surface area contributed by atoms with Gasteiger partial charge < -0.3 is 10.6 Å². The minimum atomic E-state index is -0.159. The Bertz CT molecular complexity index is 991. The first kappa shape index (κ1) is 20.4. The van der Waals surface area contributed by atoms with E-state index in [0.29, 0.717) is 11.4 Å². The highest BCUT2D eigenvalue weighted by molar-refractivity contribution is 8.00. The number of hydrogen-bond acceptors (Lipinski definition) is 5. The van der Waals surface area contributed by atoms with Crippen LogP contribution in [0.2, 0.25) is 5.02 Å². The van der Waals surface area contributed by atoms with Gasteiger partial charge in [-0.25, -0.2) is 4.98 Å². The van der Waals surface area contributed by atoms with Gasteiger partial charge in [0.1, 0.15) is 4.34 Å². The summed E-state index contributed by atoms with van der Waals surface area (Å²) in [6.07, 6.45) is 0.193. The Kier molecular flexibility index (Phi) is 7.08. The third-order valence-corrected chi connectivity index (χ3v) is 5.97. The first-order valence-electron chi connectivity index (χ1n) is 8.47. The summed E-state index contributed by atoms with van der Waals surface area (Å²) in [6, 6.07) is 14.8. The Labute approximate surface area is 176 Å². The number of nitrogens with zero attached hydrogens (tertiary/aromatic N) is 1. The van der Waals surface area contributed by atoms with Crippen LogP contribution in [0.4, 0.5) is 11.4 Å². The fourth-order valence-electron chi connectivity index (χ4n) is 2.46. The Balaban J connectivity index is 1.53. The summed E-state index contributed by atoms with van der Waals surface area (Å²) in [4.78, 5) is 27.9. The molecular formula is C20H18ClN3O2S2. The second-order valence-corrected chi connectivity index (χ2v) is 8.53. The molecule has 3 rings (SSSR count). The maximum atomic E-state index is 12.3. The van der Waals surface area contributed by atoms with Gasteiger partial charge in [0, 0.05) is 34.5 Å². The molecule has 144 valence electrons. The quantitative estimate of drug-likeness (QED) is 0.502. The third kappa shape index (κ3) is 6.37. The van der Waals surface area contributed by atoms with Crippen LogP contribution in [0.1, 0.15) is 18.2 Å². The van der Waals surface area contributed by atoms with Gasteiger partial charge in [-0.05, 0) is 35.9 Å². The highest BCUT2D eigenvalue weighted by Crippen LogP contribution is 2.27. The minimum absolute atomic E-state index is 0.156. The van der Waals surface area contributed by atoms with Gasteiger partial charge in [0.2, 0.25) is 11.8 Å². The molecule has 0 fully saturated rings. The predicted octanol–water partition coefficient (Wildman–Crippen LogP) is 5.23. The lowest BCUT2D eigenvalue weighted by atomic mass is 10.2. The van der Waals surface area contributed by atoms with Crippen molar-refractivity contribution in [1.82, 2.24) is 4.98 Å². The first-order valence-corrected chi connectivity index (χ1v) is 10.7. The molecule has 2 N–H and O–H groups in total. The van der Waals surface area contributed by atoms with E-state index in [2.05, 4.69) is 15.6 Å². The second kappa shape index (κ2) is 9.73. The molecule has 1 heterocycles. The molecule has 0 radical (unpaired) electrons. The summed E-state index contributed by atoms with van der Waals surface area (Å²) in [6.45, 7) is 1.44. The Morgan fingerprint density at radius 1 is 1.11 bits per heavy atom. The number of amides is 2. The van der Waals surface area contributed by atoms with Gasteiger partial charge in [0.05, 0.1) is 12.1 Å². The fourth-order valence-corrected chi connectivity index (χ4v) is 4.46. The number of carbonyl (C=O) groups excluding carboxylic acids is 2. The van der Waals surface area contributed by atoms with Gasteiger partial charge in [-0.3, -0.25) is 9.59 Å². The van der Waals surface area contributed by atoms with Crippen LogP contribution in [-0.4, -0.2) is 16.8 Å². The Morgan fingerprint density at radius 3 is 2.61 bits per heavy atom. The van der Waals surface area contributed by atoms with Crippen LogP contribution in [0.3, 0.4) is 0 Å². The molecule has 5 nitrogen and oxygen atoms in total. The zero-order chi connectivity index (χ0) is 19.9. The van der Waals surface area contributed by atoms with Crippen LogP contribution in [0.25, 0.3) is 0 Å². The van der Waals surface area contributed by atoms with E-state index >= 15 is 0 Å². The molecule has 0 aliphatic heterocycles. The topological polar surface area (TPSA) is 71.1 Å². The molecule has 0 aliphatic rings. The molecule has 2 amide bonds. The zero-order valence-electron chi connectivity index (χ0n) is 15.1. The average Bonchev–Trinajstić information content (AvgIpc) is 3.07. The third-order valence-electron chi connectivity index (χ3n) is 3.59. The highest BCUT2D eigenvalue weighted by Gasteiger charge is 2.09. The van der Waals surface area contributed by atoms with E-state index in [-0.39, 0.29) is 18.2 Å². The smallest absolute Gasteiger partial charge is 0.230 e. The molecule has 0 atom stereocenters. The van der Waals surface area contributed by atoms with E-state index in [0.717, 1.165) is 26.4 Å². The van der Waals surface area contributed by atoms with Crippen LogP contribution in [0.5, 0.6) is 0 Å². The van der Waals surface area contributed by atoms with E-state index in [9.17, 15) is 9.59 Å². The standard InChI is InChI=1S/C20H18ClN3O2S2/c1-13(25)22-16-6-3-7-17(9-16)23-19(26)10-18-12-28-20(24-18)27-11-14-4-2-5-15(21)8-14/h2-9,12H,10-11H2,1H3,(H,22,25)(H,23,26). The summed E-state index contributed by atoms with van der Waals surface area (Å²) < 4.78 is 0.912. The Morgan fingerprint density at radius 2 is 1.86 bits per heavy atom. The normalized spacial score (nSPS) is 10.5. The lowest BCUT2D eigenvalue weighted by molar-refractivity contribution is -0.116. The van der Waals surface area contributed by atoms with E-state index in [1.807, 2.05) is 29.6 Å². The largest absolute Gasteiger partial charge is 0.326 e. The lowest BCUT2D eigenvalue weighted by Crippen LogP contribution is -2.15. The van der Waals surface area contributed by atoms with Crippen LogP contribution < -0.4 is 10.6 Å². The van der Waals surface area contributed by atoms with Crippen molar-refractivity contribution < 1.29 is 9.59 Å². The van der Waals surface area contributed by atoms with E-state index < -0.39 is 0 Å². The molecule has 0 aliphatic carbocycles. The maximum Gasteiger partial charge on any atom is 0.230 e. The summed E-state index contributed by atoms with van der Waals surface area (Å²) in [5.74, 6) is 0.459. The monoisotopic (exact) mass is 431 g/mol. The van der Waals surface area contributed by atoms with Crippen LogP contribution in [-0.2, 0) is 21.8 Å². The van der Waals surface area contributed by atoms with Crippen molar-refractivity contribution in [1.29, 1.82) is 0 Å². The number of carbonyl (C=O) groups is 2. The molecule has 0 bridgehead atoms. The highest BCUT2D eigenvalue weighted by atomic mass is 35.5. The van der Waals surface area contributed by atoms with Crippen molar-refractivity contribution in [3.8, 4) is 0 Å². The maximum absolute atomic E-state index is 12.3. The van der Waals surface area contributed by atoms with Crippen molar-refractivity contribution >= 4 is 57.9 Å². The molecular weight excluding hydrogens is 414 g/mol. The summed E-state index contributed by atoms with van der Waals surface area (Å²) in [5, 5.41) is 8.14. The van der Waals surface area contributed by atoms with Crippen molar-refractivity contribution in [2.45, 2.75) is 23.4 Å². The molecule has 0 unspecified atom stereocenters. The molecule has 0 saturated carbocycles. The number of benzene rings is 2. The average molecular weight is 432 g/mol. The molecule has 0 saturated heterocycles. The van der Waals surface area contributed by atoms with Crippen molar-refractivity contribution in [2.24, 2.45) is 0 Å². The number of aromatic nitrogens is 1. The minimum Gasteiger partial charge on any atom is -0.326 e. The molecule has 1 aromatic heterocycles. The van der Waals surface area contributed by atoms with Gasteiger partial charge in [-0.1, -0.05) is 41.6 Å². The molecule has 2 aromatic carbocycles. The zero-order valence-corrected chi connectivity index (χ0v) is 17.5. The number of anilines is 2. The number of thiazole rings is 1. The molecule has 8 heteroatoms. The van der Waals surface area contributed by atoms with Crippen LogP contribution in [0, 0.1) is 0 Å². The first-order chi connectivity index (χ1) is 13.5. The number of hydrogen-bond donors (Lipinski definition) is 2. The lowest BCUT2D eigenvalue weighted by Gasteiger charge is -2.07. The van der Waals surface area contributed by atoms with Gasteiger partial charge in [0.15, 0.2) is 0 Å². The van der Waals surface area contributed by atoms with Crippen LogP contribution in [0.15, 0.2) is 58.3 Å². The van der Waals surface area contributed by atoms with Crippen molar-refractivity contribution in [3.05, 3.63) is 70.2 Å². The molecule has 28 heavy (non-hydrogen) atoms. The van der Waals surface area contributed by atoms with E-state index in [1.54, 1.807) is 36.0 Å². The predicted molar refractivity (Wildman–Crippen MR) is 116 cm³/mol. The summed E-state index contributed by atoms with van der Waals surface area (Å²) in [5.41, 5.74) is 3.13. The fraction of sp³-hybridized carbons (Fsp3) is 0.150.